The Morgan fingerprint density at radius 1 is 1.56 bits per heavy atom. The van der Waals surface area contributed by atoms with E-state index in [0.29, 0.717) is 21.4 Å². The van der Waals surface area contributed by atoms with Crippen molar-refractivity contribution < 1.29 is 9.53 Å². The zero-order valence-corrected chi connectivity index (χ0v) is 11.1. The zero-order valence-electron chi connectivity index (χ0n) is 8.66. The van der Waals surface area contributed by atoms with Crippen LogP contribution in [0.1, 0.15) is 16.7 Å². The maximum absolute atomic E-state index is 11.1. The molecule has 0 bridgehead atoms. The maximum Gasteiger partial charge on any atom is 0.310 e. The number of nitriles is 1. The summed E-state index contributed by atoms with van der Waals surface area (Å²) in [6, 6.07) is 5.55. The molecule has 0 N–H and O–H groups in total. The average Bonchev–Trinajstić information content (AvgIpc) is 2.30. The summed E-state index contributed by atoms with van der Waals surface area (Å²) in [4.78, 5) is 11.8. The molecule has 0 atom stereocenters. The Balaban J connectivity index is 3.12. The SMILES string of the molecule is COC(=O)Cc1cc(C#N)c(CBr)cc1S. The van der Waals surface area contributed by atoms with E-state index in [1.54, 1.807) is 12.1 Å². The van der Waals surface area contributed by atoms with Crippen LogP contribution >= 0.6 is 28.6 Å². The summed E-state index contributed by atoms with van der Waals surface area (Å²) in [7, 11) is 1.33. The van der Waals surface area contributed by atoms with Gasteiger partial charge in [0, 0.05) is 10.2 Å². The zero-order chi connectivity index (χ0) is 12.1. The van der Waals surface area contributed by atoms with Crippen molar-refractivity contribution >= 4 is 34.5 Å². The van der Waals surface area contributed by atoms with Crippen molar-refractivity contribution in [3.63, 3.8) is 0 Å². The third kappa shape index (κ3) is 3.00. The van der Waals surface area contributed by atoms with Gasteiger partial charge in [0.25, 0.3) is 0 Å². The second-order valence-electron chi connectivity index (χ2n) is 3.14. The Hall–Kier alpha value is -0.990. The minimum atomic E-state index is -0.342. The van der Waals surface area contributed by atoms with E-state index in [2.05, 4.69) is 39.4 Å². The smallest absolute Gasteiger partial charge is 0.310 e. The van der Waals surface area contributed by atoms with Gasteiger partial charge in [0.2, 0.25) is 0 Å². The topological polar surface area (TPSA) is 50.1 Å². The van der Waals surface area contributed by atoms with Crippen LogP contribution in [0.2, 0.25) is 0 Å². The number of halogens is 1. The number of hydrogen-bond acceptors (Lipinski definition) is 4. The maximum atomic E-state index is 11.1. The lowest BCUT2D eigenvalue weighted by atomic mass is 10.0. The third-order valence-corrected chi connectivity index (χ3v) is 3.15. The van der Waals surface area contributed by atoms with Gasteiger partial charge in [-0.3, -0.25) is 4.79 Å². The molecule has 84 valence electrons. The number of rotatable bonds is 3. The third-order valence-electron chi connectivity index (χ3n) is 2.13. The number of alkyl halides is 1. The fourth-order valence-corrected chi connectivity index (χ4v) is 2.02. The van der Waals surface area contributed by atoms with E-state index in [4.69, 9.17) is 5.26 Å². The number of nitrogens with zero attached hydrogens (tertiary/aromatic N) is 1. The molecule has 0 aromatic heterocycles. The first kappa shape index (κ1) is 13.1. The van der Waals surface area contributed by atoms with Gasteiger partial charge in [-0.2, -0.15) is 5.26 Å². The van der Waals surface area contributed by atoms with E-state index < -0.39 is 0 Å². The second kappa shape index (κ2) is 5.92. The molecule has 0 fully saturated rings. The van der Waals surface area contributed by atoms with Crippen LogP contribution in [0.3, 0.4) is 0 Å². The van der Waals surface area contributed by atoms with E-state index in [0.717, 1.165) is 5.56 Å². The lowest BCUT2D eigenvalue weighted by molar-refractivity contribution is -0.139. The molecule has 0 saturated heterocycles. The summed E-state index contributed by atoms with van der Waals surface area (Å²) >= 11 is 7.58. The highest BCUT2D eigenvalue weighted by Crippen LogP contribution is 2.22. The Bertz CT molecular complexity index is 454. The fraction of sp³-hybridized carbons (Fsp3) is 0.273. The van der Waals surface area contributed by atoms with Gasteiger partial charge in [0.1, 0.15) is 0 Å². The van der Waals surface area contributed by atoms with Crippen LogP contribution in [0.25, 0.3) is 0 Å². The van der Waals surface area contributed by atoms with Gasteiger partial charge in [-0.05, 0) is 23.3 Å². The summed E-state index contributed by atoms with van der Waals surface area (Å²) in [6.07, 6.45) is 0.132. The number of methoxy groups -OCH3 is 1. The lowest BCUT2D eigenvalue weighted by Crippen LogP contribution is -2.06. The van der Waals surface area contributed by atoms with Gasteiger partial charge in [0.15, 0.2) is 0 Å². The van der Waals surface area contributed by atoms with Gasteiger partial charge in [-0.25, -0.2) is 0 Å². The first-order valence-electron chi connectivity index (χ1n) is 4.50. The Kier molecular flexibility index (Phi) is 4.84. The molecule has 3 nitrogen and oxygen atoms in total. The molecule has 0 unspecified atom stereocenters. The molecule has 0 saturated carbocycles. The van der Waals surface area contributed by atoms with E-state index in [-0.39, 0.29) is 12.4 Å². The second-order valence-corrected chi connectivity index (χ2v) is 4.18. The van der Waals surface area contributed by atoms with Crippen molar-refractivity contribution in [3.05, 3.63) is 28.8 Å². The van der Waals surface area contributed by atoms with Gasteiger partial charge in [-0.1, -0.05) is 15.9 Å². The van der Waals surface area contributed by atoms with Crippen LogP contribution in [0, 0.1) is 11.3 Å². The van der Waals surface area contributed by atoms with Gasteiger partial charge in [-0.15, -0.1) is 12.6 Å². The predicted molar refractivity (Wildman–Crippen MR) is 66.8 cm³/mol. The molecule has 1 rings (SSSR count). The number of hydrogen-bond donors (Lipinski definition) is 1. The molecule has 0 heterocycles. The molecule has 0 aliphatic rings. The van der Waals surface area contributed by atoms with Crippen LogP contribution in [-0.2, 0) is 21.3 Å². The van der Waals surface area contributed by atoms with Crippen molar-refractivity contribution in [1.82, 2.24) is 0 Å². The molecule has 5 heteroatoms. The molecule has 0 radical (unpaired) electrons. The highest BCUT2D eigenvalue weighted by molar-refractivity contribution is 9.08. The van der Waals surface area contributed by atoms with E-state index in [1.807, 2.05) is 0 Å². The van der Waals surface area contributed by atoms with Crippen molar-refractivity contribution in [2.24, 2.45) is 0 Å². The van der Waals surface area contributed by atoms with E-state index in [1.165, 1.54) is 7.11 Å². The molecule has 0 spiro atoms. The van der Waals surface area contributed by atoms with Crippen LogP contribution in [0.15, 0.2) is 17.0 Å². The average molecular weight is 300 g/mol. The first-order chi connectivity index (χ1) is 7.62. The van der Waals surface area contributed by atoms with Crippen LogP contribution in [0.4, 0.5) is 0 Å². The number of carbonyl (C=O) groups is 1. The number of esters is 1. The molecule has 0 aliphatic heterocycles. The van der Waals surface area contributed by atoms with Gasteiger partial charge < -0.3 is 4.74 Å². The van der Waals surface area contributed by atoms with Crippen molar-refractivity contribution in [1.29, 1.82) is 5.26 Å². The molecule has 16 heavy (non-hydrogen) atoms. The Morgan fingerprint density at radius 3 is 2.75 bits per heavy atom. The van der Waals surface area contributed by atoms with E-state index >= 15 is 0 Å². The summed E-state index contributed by atoms with van der Waals surface area (Å²) in [5, 5.41) is 9.53. The lowest BCUT2D eigenvalue weighted by Gasteiger charge is -2.07. The minimum Gasteiger partial charge on any atom is -0.469 e. The molecular formula is C11H10BrNO2S. The van der Waals surface area contributed by atoms with Crippen molar-refractivity contribution in [2.75, 3.05) is 7.11 Å². The molecule has 1 aromatic carbocycles. The Labute approximate surface area is 108 Å². The highest BCUT2D eigenvalue weighted by atomic mass is 79.9. The number of carbonyl (C=O) groups excluding carboxylic acids is 1. The van der Waals surface area contributed by atoms with Gasteiger partial charge in [0.05, 0.1) is 25.2 Å². The summed E-state index contributed by atoms with van der Waals surface area (Å²) in [5.41, 5.74) is 2.12. The fourth-order valence-electron chi connectivity index (χ4n) is 1.26. The molecule has 0 aliphatic carbocycles. The summed E-state index contributed by atoms with van der Waals surface area (Å²) in [6.45, 7) is 0. The van der Waals surface area contributed by atoms with E-state index in [9.17, 15) is 4.79 Å². The largest absolute Gasteiger partial charge is 0.469 e. The number of thiol groups is 1. The highest BCUT2D eigenvalue weighted by Gasteiger charge is 2.10. The quantitative estimate of drug-likeness (QED) is 0.530. The molecular weight excluding hydrogens is 290 g/mol. The summed E-state index contributed by atoms with van der Waals surface area (Å²) < 4.78 is 4.57. The standard InChI is InChI=1S/C11H10BrNO2S/c1-15-11(14)4-7-2-9(6-13)8(5-12)3-10(7)16/h2-3,16H,4-5H2,1H3. The van der Waals surface area contributed by atoms with Crippen LogP contribution < -0.4 is 0 Å². The number of benzene rings is 1. The van der Waals surface area contributed by atoms with Crippen LogP contribution in [0.5, 0.6) is 0 Å². The van der Waals surface area contributed by atoms with Crippen molar-refractivity contribution in [3.8, 4) is 6.07 Å². The number of ether oxygens (including phenoxy) is 1. The Morgan fingerprint density at radius 2 is 2.25 bits per heavy atom. The molecule has 1 aromatic rings. The first-order valence-corrected chi connectivity index (χ1v) is 6.07. The molecule has 0 amide bonds. The van der Waals surface area contributed by atoms with Gasteiger partial charge >= 0.3 is 5.97 Å². The normalized spacial score (nSPS) is 9.62. The van der Waals surface area contributed by atoms with Crippen LogP contribution in [-0.4, -0.2) is 13.1 Å². The predicted octanol–water partition coefficient (Wildman–Crippen LogP) is 2.46. The monoisotopic (exact) mass is 299 g/mol. The summed E-state index contributed by atoms with van der Waals surface area (Å²) in [5.74, 6) is -0.342. The minimum absolute atomic E-state index is 0.132. The van der Waals surface area contributed by atoms with Crippen molar-refractivity contribution in [2.45, 2.75) is 16.6 Å².